The molecule has 1 saturated carbocycles. The highest BCUT2D eigenvalue weighted by atomic mass is 79.9. The van der Waals surface area contributed by atoms with Gasteiger partial charge in [0, 0.05) is 29.0 Å². The zero-order valence-corrected chi connectivity index (χ0v) is 13.5. The van der Waals surface area contributed by atoms with Crippen molar-refractivity contribution in [3.63, 3.8) is 0 Å². The summed E-state index contributed by atoms with van der Waals surface area (Å²) >= 11 is 3.63. The van der Waals surface area contributed by atoms with E-state index in [0.717, 1.165) is 50.9 Å². The first-order valence-electron chi connectivity index (χ1n) is 7.66. The lowest BCUT2D eigenvalue weighted by Gasteiger charge is -2.38. The van der Waals surface area contributed by atoms with Crippen molar-refractivity contribution >= 4 is 15.9 Å². The number of nitrogens with zero attached hydrogens (tertiary/aromatic N) is 1. The van der Waals surface area contributed by atoms with E-state index in [2.05, 4.69) is 33.0 Å². The first-order chi connectivity index (χ1) is 9.78. The van der Waals surface area contributed by atoms with Crippen molar-refractivity contribution in [2.45, 2.75) is 44.7 Å². The smallest absolute Gasteiger partial charge is 0.127 e. The molecule has 2 N–H and O–H groups in total. The number of nitrogens with two attached hydrogens (primary N) is 1. The lowest BCUT2D eigenvalue weighted by Crippen LogP contribution is -2.40. The Kier molecular flexibility index (Phi) is 4.64. The number of rotatable bonds is 6. The van der Waals surface area contributed by atoms with Gasteiger partial charge in [-0.15, -0.1) is 0 Å². The van der Waals surface area contributed by atoms with E-state index in [0.29, 0.717) is 0 Å². The van der Waals surface area contributed by atoms with Crippen molar-refractivity contribution in [1.29, 1.82) is 0 Å². The second-order valence-electron chi connectivity index (χ2n) is 5.85. The molecule has 0 aromatic heterocycles. The molecular weight excluding hydrogens is 316 g/mol. The van der Waals surface area contributed by atoms with E-state index in [1.54, 1.807) is 0 Å². The average molecular weight is 339 g/mol. The van der Waals surface area contributed by atoms with Crippen LogP contribution in [0.5, 0.6) is 5.75 Å². The van der Waals surface area contributed by atoms with Crippen LogP contribution in [0.3, 0.4) is 0 Å². The average Bonchev–Trinajstić information content (AvgIpc) is 2.81. The molecule has 3 rings (SSSR count). The number of halogens is 1. The molecule has 3 nitrogen and oxygen atoms in total. The van der Waals surface area contributed by atoms with Crippen LogP contribution in [-0.2, 0) is 13.0 Å². The highest BCUT2D eigenvalue weighted by Gasteiger charge is 2.26. The van der Waals surface area contributed by atoms with Crippen molar-refractivity contribution in [2.75, 3.05) is 19.7 Å². The number of fused-ring (bicyclic) bond motifs is 1. The van der Waals surface area contributed by atoms with Crippen molar-refractivity contribution in [2.24, 2.45) is 5.73 Å². The maximum Gasteiger partial charge on any atom is 0.127 e. The van der Waals surface area contributed by atoms with Gasteiger partial charge < -0.3 is 10.5 Å². The minimum absolute atomic E-state index is 0.748. The predicted octanol–water partition coefficient (Wildman–Crippen LogP) is 3.09. The Labute approximate surface area is 129 Å². The van der Waals surface area contributed by atoms with Gasteiger partial charge in [0.25, 0.3) is 0 Å². The fourth-order valence-corrected chi connectivity index (χ4v) is 3.67. The van der Waals surface area contributed by atoms with Gasteiger partial charge in [-0.3, -0.25) is 4.90 Å². The Morgan fingerprint density at radius 2 is 2.20 bits per heavy atom. The Balaban J connectivity index is 1.77. The number of hydrogen-bond acceptors (Lipinski definition) is 3. The van der Waals surface area contributed by atoms with Gasteiger partial charge in [0.15, 0.2) is 0 Å². The topological polar surface area (TPSA) is 38.5 Å². The van der Waals surface area contributed by atoms with Gasteiger partial charge in [-0.05, 0) is 50.0 Å². The van der Waals surface area contributed by atoms with Gasteiger partial charge in [-0.1, -0.05) is 22.4 Å². The molecule has 20 heavy (non-hydrogen) atoms. The molecule has 0 atom stereocenters. The zero-order valence-electron chi connectivity index (χ0n) is 11.9. The minimum atomic E-state index is 0.748. The Morgan fingerprint density at radius 3 is 2.90 bits per heavy atom. The van der Waals surface area contributed by atoms with Crippen LogP contribution >= 0.6 is 15.9 Å². The molecule has 1 aromatic carbocycles. The fourth-order valence-electron chi connectivity index (χ4n) is 3.12. The van der Waals surface area contributed by atoms with E-state index in [9.17, 15) is 0 Å². The Bertz CT molecular complexity index is 474. The summed E-state index contributed by atoms with van der Waals surface area (Å²) in [6.07, 6.45) is 6.15. The van der Waals surface area contributed by atoms with Crippen molar-refractivity contribution in [3.8, 4) is 5.75 Å². The third-order valence-electron chi connectivity index (χ3n) is 4.44. The molecule has 110 valence electrons. The van der Waals surface area contributed by atoms with Crippen LogP contribution in [0.15, 0.2) is 16.6 Å². The van der Waals surface area contributed by atoms with Crippen LogP contribution in [-0.4, -0.2) is 30.6 Å². The highest BCUT2D eigenvalue weighted by molar-refractivity contribution is 9.10. The maximum atomic E-state index is 5.85. The molecule has 1 aliphatic carbocycles. The molecule has 4 heteroatoms. The summed E-state index contributed by atoms with van der Waals surface area (Å²) in [5.41, 5.74) is 8.36. The summed E-state index contributed by atoms with van der Waals surface area (Å²) in [7, 11) is 0. The van der Waals surface area contributed by atoms with Crippen LogP contribution in [0.4, 0.5) is 0 Å². The van der Waals surface area contributed by atoms with E-state index < -0.39 is 0 Å². The monoisotopic (exact) mass is 338 g/mol. The van der Waals surface area contributed by atoms with Crippen LogP contribution in [0.25, 0.3) is 0 Å². The largest absolute Gasteiger partial charge is 0.493 e. The fraction of sp³-hybridized carbons (Fsp3) is 0.625. The van der Waals surface area contributed by atoms with E-state index >= 15 is 0 Å². The molecule has 0 unspecified atom stereocenters. The highest BCUT2D eigenvalue weighted by Crippen LogP contribution is 2.35. The second kappa shape index (κ2) is 6.46. The molecule has 0 spiro atoms. The summed E-state index contributed by atoms with van der Waals surface area (Å²) in [4.78, 5) is 2.60. The van der Waals surface area contributed by atoms with Crippen LogP contribution in [0.1, 0.15) is 36.8 Å². The molecule has 1 fully saturated rings. The first kappa shape index (κ1) is 14.4. The predicted molar refractivity (Wildman–Crippen MR) is 85.1 cm³/mol. The summed E-state index contributed by atoms with van der Waals surface area (Å²) < 4.78 is 7.02. The van der Waals surface area contributed by atoms with E-state index in [4.69, 9.17) is 10.5 Å². The summed E-state index contributed by atoms with van der Waals surface area (Å²) in [5, 5.41) is 0. The van der Waals surface area contributed by atoms with Gasteiger partial charge in [0.05, 0.1) is 6.61 Å². The van der Waals surface area contributed by atoms with E-state index in [1.807, 2.05) is 0 Å². The SMILES string of the molecule is NCCCN(Cc1cc(Br)cc2c1OCC2)C1CCC1. The number of hydrogen-bond donors (Lipinski definition) is 1. The molecular formula is C16H23BrN2O. The van der Waals surface area contributed by atoms with E-state index in [-0.39, 0.29) is 0 Å². The summed E-state index contributed by atoms with van der Waals surface area (Å²) in [5.74, 6) is 1.13. The minimum Gasteiger partial charge on any atom is -0.493 e. The molecule has 1 aliphatic heterocycles. The molecule has 0 bridgehead atoms. The maximum absolute atomic E-state index is 5.85. The van der Waals surface area contributed by atoms with Crippen molar-refractivity contribution in [3.05, 3.63) is 27.7 Å². The van der Waals surface area contributed by atoms with Gasteiger partial charge in [0.1, 0.15) is 5.75 Å². The van der Waals surface area contributed by atoms with Crippen molar-refractivity contribution in [1.82, 2.24) is 4.90 Å². The first-order valence-corrected chi connectivity index (χ1v) is 8.45. The van der Waals surface area contributed by atoms with Crippen LogP contribution in [0, 0.1) is 0 Å². The molecule has 0 saturated heterocycles. The number of benzene rings is 1. The van der Waals surface area contributed by atoms with Gasteiger partial charge in [-0.2, -0.15) is 0 Å². The molecule has 2 aliphatic rings. The van der Waals surface area contributed by atoms with Crippen LogP contribution < -0.4 is 10.5 Å². The quantitative estimate of drug-likeness (QED) is 0.866. The van der Waals surface area contributed by atoms with Crippen molar-refractivity contribution < 1.29 is 4.74 Å². The third-order valence-corrected chi connectivity index (χ3v) is 4.90. The number of ether oxygens (including phenoxy) is 1. The van der Waals surface area contributed by atoms with Gasteiger partial charge >= 0.3 is 0 Å². The molecule has 1 heterocycles. The molecule has 0 radical (unpaired) electrons. The second-order valence-corrected chi connectivity index (χ2v) is 6.76. The summed E-state index contributed by atoms with van der Waals surface area (Å²) in [6.45, 7) is 3.69. The van der Waals surface area contributed by atoms with Crippen LogP contribution in [0.2, 0.25) is 0 Å². The normalized spacial score (nSPS) is 17.9. The molecule has 1 aromatic rings. The lowest BCUT2D eigenvalue weighted by atomic mass is 9.90. The summed E-state index contributed by atoms with van der Waals surface area (Å²) in [6, 6.07) is 5.16. The Morgan fingerprint density at radius 1 is 1.35 bits per heavy atom. The van der Waals surface area contributed by atoms with Gasteiger partial charge in [-0.25, -0.2) is 0 Å². The zero-order chi connectivity index (χ0) is 13.9. The molecule has 0 amide bonds. The van der Waals surface area contributed by atoms with Gasteiger partial charge in [0.2, 0.25) is 0 Å². The third kappa shape index (κ3) is 3.02. The lowest BCUT2D eigenvalue weighted by molar-refractivity contribution is 0.117. The Hall–Kier alpha value is -0.580. The standard InChI is InChI=1S/C16H23BrN2O/c17-14-9-12-5-8-20-16(12)13(10-14)11-19(7-2-6-18)15-3-1-4-15/h9-10,15H,1-8,11,18H2. The van der Waals surface area contributed by atoms with E-state index in [1.165, 1.54) is 34.9 Å².